The molecule has 0 aliphatic heterocycles. The lowest BCUT2D eigenvalue weighted by molar-refractivity contribution is -0.139. The molecule has 2 aromatic heterocycles. The number of ketones is 1. The highest BCUT2D eigenvalue weighted by Gasteiger charge is 2.35. The van der Waals surface area contributed by atoms with Gasteiger partial charge in [0.1, 0.15) is 5.69 Å². The minimum absolute atomic E-state index is 0.0116. The number of aryl methyl sites for hydroxylation is 1. The molecule has 1 aliphatic carbocycles. The maximum absolute atomic E-state index is 13.5. The fourth-order valence-electron chi connectivity index (χ4n) is 4.04. The van der Waals surface area contributed by atoms with Crippen molar-refractivity contribution in [2.75, 3.05) is 13.2 Å². The van der Waals surface area contributed by atoms with Crippen LogP contribution in [0.5, 0.6) is 0 Å². The Labute approximate surface area is 183 Å². The van der Waals surface area contributed by atoms with Crippen LogP contribution in [0.1, 0.15) is 70.9 Å². The van der Waals surface area contributed by atoms with Crippen LogP contribution in [0.3, 0.4) is 0 Å². The number of pyridine rings is 1. The van der Waals surface area contributed by atoms with Crippen molar-refractivity contribution in [3.8, 4) is 0 Å². The normalized spacial score (nSPS) is 14.6. The third kappa shape index (κ3) is 4.86. The number of nitrogens with one attached hydrogen (secondary N) is 1. The van der Waals surface area contributed by atoms with E-state index in [1.54, 1.807) is 38.8 Å². The van der Waals surface area contributed by atoms with Crippen LogP contribution in [0, 0.1) is 19.8 Å². The van der Waals surface area contributed by atoms with Crippen molar-refractivity contribution >= 4 is 17.7 Å². The van der Waals surface area contributed by atoms with Gasteiger partial charge in [-0.25, -0.2) is 4.79 Å². The first kappa shape index (κ1) is 22.7. The number of amides is 1. The topological polar surface area (TPSA) is 92.4 Å². The largest absolute Gasteiger partial charge is 0.461 e. The number of nitrogens with zero attached hydrogens (tertiary/aromatic N) is 2. The Kier molecular flexibility index (Phi) is 7.25. The van der Waals surface area contributed by atoms with E-state index in [1.165, 1.54) is 0 Å². The molecule has 166 valence electrons. The highest BCUT2D eigenvalue weighted by Crippen LogP contribution is 2.30. The van der Waals surface area contributed by atoms with Crippen LogP contribution in [-0.4, -0.2) is 51.7 Å². The number of H-pyrrole nitrogens is 1. The Hall–Kier alpha value is -2.96. The number of aromatic amines is 1. The van der Waals surface area contributed by atoms with Gasteiger partial charge in [0.15, 0.2) is 5.78 Å². The number of rotatable bonds is 9. The molecule has 3 rings (SSSR count). The van der Waals surface area contributed by atoms with E-state index in [4.69, 9.17) is 4.74 Å². The average molecular weight is 426 g/mol. The van der Waals surface area contributed by atoms with E-state index in [0.29, 0.717) is 35.5 Å². The molecular formula is C24H31N3O4. The number of hydrogen-bond acceptors (Lipinski definition) is 5. The van der Waals surface area contributed by atoms with E-state index < -0.39 is 12.0 Å². The van der Waals surface area contributed by atoms with Crippen molar-refractivity contribution in [3.63, 3.8) is 0 Å². The molecule has 0 saturated heterocycles. The standard InChI is InChI=1S/C24H31N3O4/c1-5-31-24(30)21-15(2)20(16(3)26-21)22(28)17(4)27(23(29)18-9-8-10-18)14-12-19-11-6-7-13-25-19/h6-7,11,13,17-18,26H,5,8-10,12,14H2,1-4H3/t17-/m0/s1. The maximum Gasteiger partial charge on any atom is 0.355 e. The zero-order chi connectivity index (χ0) is 22.5. The smallest absolute Gasteiger partial charge is 0.355 e. The van der Waals surface area contributed by atoms with Crippen molar-refractivity contribution < 1.29 is 19.1 Å². The van der Waals surface area contributed by atoms with Gasteiger partial charge in [-0.2, -0.15) is 0 Å². The Morgan fingerprint density at radius 1 is 1.26 bits per heavy atom. The molecule has 1 fully saturated rings. The quantitative estimate of drug-likeness (QED) is 0.489. The predicted molar refractivity (Wildman–Crippen MR) is 117 cm³/mol. The highest BCUT2D eigenvalue weighted by molar-refractivity contribution is 6.06. The summed E-state index contributed by atoms with van der Waals surface area (Å²) in [5.41, 5.74) is 2.80. The summed E-state index contributed by atoms with van der Waals surface area (Å²) in [4.78, 5) is 47.9. The summed E-state index contributed by atoms with van der Waals surface area (Å²) in [5, 5.41) is 0. The fourth-order valence-corrected chi connectivity index (χ4v) is 4.04. The molecule has 0 radical (unpaired) electrons. The van der Waals surface area contributed by atoms with Crippen LogP contribution < -0.4 is 0 Å². The minimum atomic E-state index is -0.639. The Morgan fingerprint density at radius 2 is 2.00 bits per heavy atom. The van der Waals surface area contributed by atoms with Crippen molar-refractivity contribution in [1.82, 2.24) is 14.9 Å². The van der Waals surface area contributed by atoms with E-state index in [2.05, 4.69) is 9.97 Å². The summed E-state index contributed by atoms with van der Waals surface area (Å²) in [7, 11) is 0. The van der Waals surface area contributed by atoms with Gasteiger partial charge in [-0.3, -0.25) is 14.6 Å². The zero-order valence-corrected chi connectivity index (χ0v) is 18.7. The van der Waals surface area contributed by atoms with E-state index in [9.17, 15) is 14.4 Å². The Morgan fingerprint density at radius 3 is 2.58 bits per heavy atom. The van der Waals surface area contributed by atoms with E-state index >= 15 is 0 Å². The molecule has 1 aliphatic rings. The lowest BCUT2D eigenvalue weighted by Gasteiger charge is -2.35. The summed E-state index contributed by atoms with van der Waals surface area (Å²) in [5.74, 6) is -0.634. The van der Waals surface area contributed by atoms with Gasteiger partial charge in [0.25, 0.3) is 0 Å². The van der Waals surface area contributed by atoms with Crippen LogP contribution in [0.4, 0.5) is 0 Å². The molecule has 31 heavy (non-hydrogen) atoms. The third-order valence-corrected chi connectivity index (χ3v) is 6.08. The highest BCUT2D eigenvalue weighted by atomic mass is 16.5. The first-order valence-corrected chi connectivity index (χ1v) is 11.0. The molecule has 7 heteroatoms. The number of carbonyl (C=O) groups excluding carboxylic acids is 3. The number of hydrogen-bond donors (Lipinski definition) is 1. The zero-order valence-electron chi connectivity index (χ0n) is 18.7. The predicted octanol–water partition coefficient (Wildman–Crippen LogP) is 3.65. The molecule has 2 heterocycles. The molecule has 1 saturated carbocycles. The summed E-state index contributed by atoms with van der Waals surface area (Å²) < 4.78 is 5.09. The average Bonchev–Trinajstić information content (AvgIpc) is 3.01. The van der Waals surface area contributed by atoms with Crippen molar-refractivity contribution in [1.29, 1.82) is 0 Å². The maximum atomic E-state index is 13.5. The lowest BCUT2D eigenvalue weighted by atomic mass is 9.83. The van der Waals surface area contributed by atoms with Gasteiger partial charge in [0.05, 0.1) is 12.6 Å². The Bertz CT molecular complexity index is 947. The summed E-state index contributed by atoms with van der Waals surface area (Å²) in [6.45, 7) is 7.69. The lowest BCUT2D eigenvalue weighted by Crippen LogP contribution is -2.48. The van der Waals surface area contributed by atoms with Crippen molar-refractivity contribution in [2.45, 2.75) is 59.4 Å². The van der Waals surface area contributed by atoms with Crippen LogP contribution in [0.2, 0.25) is 0 Å². The molecule has 7 nitrogen and oxygen atoms in total. The second-order valence-corrected chi connectivity index (χ2v) is 8.12. The molecule has 0 bridgehead atoms. The fraction of sp³-hybridized carbons (Fsp3) is 0.500. The minimum Gasteiger partial charge on any atom is -0.461 e. The van der Waals surface area contributed by atoms with Gasteiger partial charge >= 0.3 is 5.97 Å². The second kappa shape index (κ2) is 9.90. The van der Waals surface area contributed by atoms with E-state index in [0.717, 1.165) is 25.0 Å². The van der Waals surface area contributed by atoms with Crippen LogP contribution in [0.15, 0.2) is 24.4 Å². The summed E-state index contributed by atoms with van der Waals surface area (Å²) >= 11 is 0. The molecule has 1 N–H and O–H groups in total. The van der Waals surface area contributed by atoms with Gasteiger partial charge in [0.2, 0.25) is 5.91 Å². The molecule has 0 spiro atoms. The van der Waals surface area contributed by atoms with E-state index in [1.807, 2.05) is 18.2 Å². The van der Waals surface area contributed by atoms with Crippen LogP contribution in [-0.2, 0) is 16.0 Å². The van der Waals surface area contributed by atoms with Gasteiger partial charge < -0.3 is 14.6 Å². The first-order chi connectivity index (χ1) is 14.8. The number of esters is 1. The molecule has 0 aromatic carbocycles. The number of ether oxygens (including phenoxy) is 1. The Balaban J connectivity index is 1.84. The number of carbonyl (C=O) groups is 3. The van der Waals surface area contributed by atoms with Crippen molar-refractivity contribution in [3.05, 3.63) is 52.6 Å². The number of aromatic nitrogens is 2. The van der Waals surface area contributed by atoms with Gasteiger partial charge in [-0.1, -0.05) is 12.5 Å². The third-order valence-electron chi connectivity index (χ3n) is 6.08. The summed E-state index contributed by atoms with van der Waals surface area (Å²) in [6.07, 6.45) is 5.09. The molecule has 2 aromatic rings. The van der Waals surface area contributed by atoms with Gasteiger partial charge in [-0.05, 0) is 58.2 Å². The number of Topliss-reactive ketones (excluding diaryl/α,β-unsaturated/α-hetero) is 1. The SMILES string of the molecule is CCOC(=O)c1[nH]c(C)c(C(=O)[C@H](C)N(CCc2ccccn2)C(=O)C2CCC2)c1C. The molecule has 1 atom stereocenters. The van der Waals surface area contributed by atoms with Gasteiger partial charge in [-0.15, -0.1) is 0 Å². The monoisotopic (exact) mass is 425 g/mol. The van der Waals surface area contributed by atoms with Crippen LogP contribution in [0.25, 0.3) is 0 Å². The van der Waals surface area contributed by atoms with E-state index in [-0.39, 0.29) is 24.2 Å². The van der Waals surface area contributed by atoms with Crippen LogP contribution >= 0.6 is 0 Å². The second-order valence-electron chi connectivity index (χ2n) is 8.12. The molecular weight excluding hydrogens is 394 g/mol. The molecule has 0 unspecified atom stereocenters. The van der Waals surface area contributed by atoms with Gasteiger partial charge in [0, 0.05) is 42.0 Å². The molecule has 1 amide bonds. The summed E-state index contributed by atoms with van der Waals surface area (Å²) in [6, 6.07) is 5.05. The first-order valence-electron chi connectivity index (χ1n) is 11.0. The van der Waals surface area contributed by atoms with Crippen molar-refractivity contribution in [2.24, 2.45) is 5.92 Å².